The molecule has 2 rings (SSSR count). The van der Waals surface area contributed by atoms with Crippen LogP contribution in [0.25, 0.3) is 0 Å². The molecule has 13 heteroatoms. The van der Waals surface area contributed by atoms with Crippen molar-refractivity contribution in [2.45, 2.75) is 23.5 Å². The number of hydrazine groups is 1. The van der Waals surface area contributed by atoms with Gasteiger partial charge in [0.05, 0.1) is 23.6 Å². The Morgan fingerprint density at radius 3 is 2.52 bits per heavy atom. The van der Waals surface area contributed by atoms with E-state index < -0.39 is 26.5 Å². The molecule has 0 saturated carbocycles. The Labute approximate surface area is 183 Å². The SMILES string of the molecule is CC1N(CC(=O)[O-])NC([S-])[NH+]1c1ccc(S(=O)(=O)[O-])cn1.[Na+].[Na+]. The first-order valence-electron chi connectivity index (χ1n) is 5.87. The zero-order valence-electron chi connectivity index (χ0n) is 12.8. The third-order valence-electron chi connectivity index (χ3n) is 3.10. The summed E-state index contributed by atoms with van der Waals surface area (Å²) < 4.78 is 32.6. The van der Waals surface area contributed by atoms with Crippen LogP contribution in [0.4, 0.5) is 5.82 Å². The summed E-state index contributed by atoms with van der Waals surface area (Å²) in [6, 6.07) is 2.52. The van der Waals surface area contributed by atoms with E-state index in [1.165, 1.54) is 11.1 Å². The quantitative estimate of drug-likeness (QED) is 0.298. The van der Waals surface area contributed by atoms with Crippen LogP contribution in [0, 0.1) is 0 Å². The predicted octanol–water partition coefficient (Wildman–Crippen LogP) is -9.74. The third-order valence-corrected chi connectivity index (χ3v) is 4.28. The minimum Gasteiger partial charge on any atom is -0.744 e. The van der Waals surface area contributed by atoms with E-state index in [1.54, 1.807) is 6.92 Å². The van der Waals surface area contributed by atoms with E-state index in [1.807, 2.05) is 0 Å². The smallest absolute Gasteiger partial charge is 0.744 e. The zero-order valence-corrected chi connectivity index (χ0v) is 18.5. The third kappa shape index (κ3) is 5.90. The Kier molecular flexibility index (Phi) is 9.77. The molecule has 1 aliphatic heterocycles. The Hall–Kier alpha value is 0.760. The normalized spacial score (nSPS) is 24.6. The molecule has 2 N–H and O–H groups in total. The molecule has 1 aromatic rings. The molecule has 1 fully saturated rings. The van der Waals surface area contributed by atoms with Crippen molar-refractivity contribution >= 4 is 34.5 Å². The van der Waals surface area contributed by atoms with Gasteiger partial charge < -0.3 is 27.1 Å². The number of aromatic nitrogens is 1. The number of hydrogen-bond acceptors (Lipinski definition) is 9. The van der Waals surface area contributed by atoms with Crippen LogP contribution in [0.15, 0.2) is 23.2 Å². The molecule has 116 valence electrons. The summed E-state index contributed by atoms with van der Waals surface area (Å²) in [5.74, 6) is -0.846. The van der Waals surface area contributed by atoms with Gasteiger partial charge in [-0.25, -0.2) is 18.8 Å². The molecule has 2 heterocycles. The van der Waals surface area contributed by atoms with Crippen molar-refractivity contribution in [1.29, 1.82) is 0 Å². The van der Waals surface area contributed by atoms with Crippen LogP contribution in [0.2, 0.25) is 0 Å². The van der Waals surface area contributed by atoms with E-state index >= 15 is 0 Å². The van der Waals surface area contributed by atoms with Gasteiger partial charge in [-0.15, -0.1) is 0 Å². The number of hydrogen-bond donors (Lipinski definition) is 2. The molecule has 0 amide bonds. The zero-order chi connectivity index (χ0) is 15.8. The van der Waals surface area contributed by atoms with E-state index in [0.29, 0.717) is 10.7 Å². The summed E-state index contributed by atoms with van der Waals surface area (Å²) in [6.45, 7) is 1.39. The first-order valence-corrected chi connectivity index (χ1v) is 7.75. The number of nitrogens with zero attached hydrogens (tertiary/aromatic N) is 2. The van der Waals surface area contributed by atoms with Crippen molar-refractivity contribution in [1.82, 2.24) is 15.4 Å². The van der Waals surface area contributed by atoms with Crippen molar-refractivity contribution in [3.05, 3.63) is 18.3 Å². The molecule has 0 aliphatic carbocycles. The molecule has 0 bridgehead atoms. The summed E-state index contributed by atoms with van der Waals surface area (Å²) in [5, 5.41) is 12.1. The molecule has 3 atom stereocenters. The number of nitrogens with one attached hydrogen (secondary N) is 2. The number of carbonyl (C=O) groups is 1. The Morgan fingerprint density at radius 2 is 2.09 bits per heavy atom. The topological polar surface area (TPSA) is 130 Å². The largest absolute Gasteiger partial charge is 1.00 e. The van der Waals surface area contributed by atoms with Crippen LogP contribution in [-0.4, -0.2) is 47.1 Å². The molecule has 0 radical (unpaired) electrons. The van der Waals surface area contributed by atoms with Crippen LogP contribution < -0.4 is 74.5 Å². The second-order valence-corrected chi connectivity index (χ2v) is 6.32. The molecule has 1 aliphatic rings. The van der Waals surface area contributed by atoms with Crippen molar-refractivity contribution in [3.8, 4) is 0 Å². The Balaban J connectivity index is 0.00000242. The number of quaternary nitrogens is 1. The first kappa shape index (κ1) is 23.8. The molecular weight excluding hydrogens is 366 g/mol. The van der Waals surface area contributed by atoms with Gasteiger partial charge in [-0.1, -0.05) is 0 Å². The maximum absolute atomic E-state index is 10.9. The molecule has 23 heavy (non-hydrogen) atoms. The van der Waals surface area contributed by atoms with Crippen molar-refractivity contribution in [3.63, 3.8) is 0 Å². The van der Waals surface area contributed by atoms with E-state index in [4.69, 9.17) is 12.6 Å². The maximum Gasteiger partial charge on any atom is 1.00 e. The van der Waals surface area contributed by atoms with E-state index in [-0.39, 0.29) is 71.8 Å². The number of carboxylic acids is 1. The fraction of sp³-hybridized carbons (Fsp3) is 0.400. The van der Waals surface area contributed by atoms with Crippen LogP contribution in [0.1, 0.15) is 6.92 Å². The summed E-state index contributed by atoms with van der Waals surface area (Å²) in [7, 11) is -4.56. The van der Waals surface area contributed by atoms with Gasteiger partial charge >= 0.3 is 59.1 Å². The van der Waals surface area contributed by atoms with Gasteiger partial charge in [-0.2, -0.15) is 5.01 Å². The average Bonchev–Trinajstić information content (AvgIpc) is 2.63. The minimum atomic E-state index is -4.56. The van der Waals surface area contributed by atoms with Crippen LogP contribution >= 0.6 is 0 Å². The molecule has 0 aromatic carbocycles. The van der Waals surface area contributed by atoms with Gasteiger partial charge in [-0.05, 0) is 6.07 Å². The molecule has 9 nitrogen and oxygen atoms in total. The van der Waals surface area contributed by atoms with E-state index in [9.17, 15) is 22.9 Å². The first-order chi connectivity index (χ1) is 9.70. The molecule has 0 spiro atoms. The number of pyridine rings is 1. The molecule has 1 saturated heterocycles. The van der Waals surface area contributed by atoms with Gasteiger partial charge in [0, 0.05) is 18.5 Å². The fourth-order valence-corrected chi connectivity index (χ4v) is 2.96. The minimum absolute atomic E-state index is 0. The molecule has 1 aromatic heterocycles. The summed E-state index contributed by atoms with van der Waals surface area (Å²) in [5.41, 5.74) is 2.22. The van der Waals surface area contributed by atoms with E-state index in [2.05, 4.69) is 10.4 Å². The number of carboxylic acid groups (broad SMARTS) is 1. The Morgan fingerprint density at radius 1 is 1.48 bits per heavy atom. The van der Waals surface area contributed by atoms with Crippen molar-refractivity contribution < 1.29 is 86.9 Å². The number of carbonyl (C=O) groups excluding carboxylic acids is 1. The maximum atomic E-state index is 10.9. The average molecular weight is 378 g/mol. The van der Waals surface area contributed by atoms with Gasteiger partial charge in [0.25, 0.3) is 0 Å². The van der Waals surface area contributed by atoms with Crippen molar-refractivity contribution in [2.24, 2.45) is 0 Å². The number of rotatable bonds is 4. The monoisotopic (exact) mass is 378 g/mol. The van der Waals surface area contributed by atoms with Crippen molar-refractivity contribution in [2.75, 3.05) is 6.54 Å². The second-order valence-electron chi connectivity index (χ2n) is 4.47. The summed E-state index contributed by atoms with van der Waals surface area (Å²) >= 11 is 5.20. The summed E-state index contributed by atoms with van der Waals surface area (Å²) in [4.78, 5) is 14.8. The number of aliphatic carboxylic acids is 1. The van der Waals surface area contributed by atoms with E-state index in [0.717, 1.165) is 12.3 Å². The van der Waals surface area contributed by atoms with Crippen LogP contribution in [0.5, 0.6) is 0 Å². The predicted molar refractivity (Wildman–Crippen MR) is 68.3 cm³/mol. The van der Waals surface area contributed by atoms with Gasteiger partial charge in [-0.3, -0.25) is 4.90 Å². The standard InChI is InChI=1S/C10H14N4O5S2.2Na/c1-6-13(5-9(15)16)12-10(20)14(6)8-3-2-7(4-11-8)21(17,18)19;;/h2-4,6,10,12,20H,5H2,1H3,(H,15,16)(H,17,18,19);;/q;2*+1/p-2. The van der Waals surface area contributed by atoms with Gasteiger partial charge in [0.2, 0.25) is 5.82 Å². The van der Waals surface area contributed by atoms with Crippen LogP contribution in [-0.2, 0) is 27.5 Å². The van der Waals surface area contributed by atoms with Gasteiger partial charge in [0.15, 0.2) is 6.17 Å². The second kappa shape index (κ2) is 9.46. The molecule has 3 unspecified atom stereocenters. The summed E-state index contributed by atoms with van der Waals surface area (Å²) in [6.07, 6.45) is 0.605. The fourth-order valence-electron chi connectivity index (χ4n) is 2.09. The molecular formula is C10H12N4Na2O5S2. The van der Waals surface area contributed by atoms with Gasteiger partial charge in [0.1, 0.15) is 10.1 Å². The Bertz CT molecular complexity index is 645. The van der Waals surface area contributed by atoms with Crippen LogP contribution in [0.3, 0.4) is 0 Å².